The third-order valence-electron chi connectivity index (χ3n) is 8.30. The Hall–Kier alpha value is -5.41. The van der Waals surface area contributed by atoms with E-state index in [1.54, 1.807) is 0 Å². The number of hydrogen-bond donors (Lipinski definition) is 0. The Morgan fingerprint density at radius 2 is 1.25 bits per heavy atom. The Kier molecular flexibility index (Phi) is 4.33. The Balaban J connectivity index is 1.50. The van der Waals surface area contributed by atoms with E-state index in [0.717, 1.165) is 16.9 Å². The molecule has 0 atom stereocenters. The Morgan fingerprint density at radius 1 is 0.475 bits per heavy atom. The van der Waals surface area contributed by atoms with E-state index in [1.165, 1.54) is 59.9 Å². The van der Waals surface area contributed by atoms with Crippen molar-refractivity contribution in [3.63, 3.8) is 0 Å². The Labute approximate surface area is 230 Å². The molecular formula is C37H23N3. The van der Waals surface area contributed by atoms with Crippen molar-refractivity contribution in [2.75, 3.05) is 0 Å². The number of pyridine rings is 2. The molecule has 0 spiro atoms. The van der Waals surface area contributed by atoms with Gasteiger partial charge in [0.2, 0.25) is 0 Å². The second kappa shape index (κ2) is 8.05. The van der Waals surface area contributed by atoms with Crippen LogP contribution in [0.2, 0.25) is 0 Å². The first-order chi connectivity index (χ1) is 19.9. The lowest BCUT2D eigenvalue weighted by Crippen LogP contribution is -1.96. The van der Waals surface area contributed by atoms with E-state index in [9.17, 15) is 0 Å². The summed E-state index contributed by atoms with van der Waals surface area (Å²) in [4.78, 5) is 4.61. The van der Waals surface area contributed by atoms with Gasteiger partial charge in [0, 0.05) is 44.4 Å². The highest BCUT2D eigenvalue weighted by molar-refractivity contribution is 6.27. The molecule has 0 bridgehead atoms. The third-order valence-corrected chi connectivity index (χ3v) is 8.30. The molecule has 5 aromatic carbocycles. The minimum Gasteiger partial charge on any atom is -0.309 e. The van der Waals surface area contributed by atoms with Crippen LogP contribution in [0.1, 0.15) is 0 Å². The fraction of sp³-hybridized carbons (Fsp3) is 0. The summed E-state index contributed by atoms with van der Waals surface area (Å²) in [6.45, 7) is 0. The highest BCUT2D eigenvalue weighted by atomic mass is 15.0. The van der Waals surface area contributed by atoms with Crippen LogP contribution in [-0.4, -0.2) is 14.0 Å². The maximum atomic E-state index is 4.61. The molecule has 186 valence electrons. The number of aromatic nitrogens is 3. The van der Waals surface area contributed by atoms with Crippen LogP contribution in [0.4, 0.5) is 0 Å². The molecule has 4 heterocycles. The van der Waals surface area contributed by atoms with Gasteiger partial charge >= 0.3 is 0 Å². The zero-order valence-corrected chi connectivity index (χ0v) is 21.6. The van der Waals surface area contributed by atoms with Gasteiger partial charge in [0.15, 0.2) is 0 Å². The fourth-order valence-corrected chi connectivity index (χ4v) is 6.64. The minimum atomic E-state index is 0.975. The second-order valence-corrected chi connectivity index (χ2v) is 10.4. The van der Waals surface area contributed by atoms with Crippen LogP contribution >= 0.6 is 0 Å². The normalized spacial score (nSPS) is 12.0. The largest absolute Gasteiger partial charge is 0.309 e. The summed E-state index contributed by atoms with van der Waals surface area (Å²) < 4.78 is 4.89. The topological polar surface area (TPSA) is 22.2 Å². The molecule has 0 aliphatic heterocycles. The molecule has 9 aromatic rings. The van der Waals surface area contributed by atoms with Crippen molar-refractivity contribution in [1.82, 2.24) is 14.0 Å². The quantitative estimate of drug-likeness (QED) is 0.213. The summed E-state index contributed by atoms with van der Waals surface area (Å²) in [6, 6.07) is 48.1. The molecule has 3 heteroatoms. The first kappa shape index (κ1) is 21.5. The lowest BCUT2D eigenvalue weighted by Gasteiger charge is -2.13. The minimum absolute atomic E-state index is 0.975. The predicted octanol–water partition coefficient (Wildman–Crippen LogP) is 9.56. The van der Waals surface area contributed by atoms with Crippen molar-refractivity contribution in [3.05, 3.63) is 140 Å². The SMILES string of the molecule is c1ccc(-c2cccc(-n3c4ccccc4c4c3ccc3c5ccccc5c5cc6ccccc6n5c34)c2)nc1. The maximum Gasteiger partial charge on any atom is 0.0702 e. The average molecular weight is 510 g/mol. The number of hydrogen-bond acceptors (Lipinski definition) is 1. The van der Waals surface area contributed by atoms with Gasteiger partial charge in [-0.15, -0.1) is 0 Å². The number of rotatable bonds is 2. The van der Waals surface area contributed by atoms with Gasteiger partial charge in [-0.2, -0.15) is 0 Å². The summed E-state index contributed by atoms with van der Waals surface area (Å²) in [5.41, 5.74) is 9.33. The molecule has 4 aromatic heterocycles. The third kappa shape index (κ3) is 2.86. The molecular weight excluding hydrogens is 486 g/mol. The standard InChI is InChI=1S/C37H23N3/c1-5-17-32-25(10-1)23-35-28-14-3-2-13-27(28)29-19-20-34-36(37(29)40(32)35)30-15-4-6-18-33(30)39(34)26-12-9-11-24(22-26)31-16-7-8-21-38-31/h1-23H. The molecule has 3 nitrogen and oxygen atoms in total. The molecule has 0 radical (unpaired) electrons. The summed E-state index contributed by atoms with van der Waals surface area (Å²) in [6.07, 6.45) is 1.85. The van der Waals surface area contributed by atoms with Gasteiger partial charge in [-0.1, -0.05) is 84.9 Å². The lowest BCUT2D eigenvalue weighted by molar-refractivity contribution is 1.18. The van der Waals surface area contributed by atoms with Crippen LogP contribution in [0, 0.1) is 0 Å². The van der Waals surface area contributed by atoms with E-state index in [-0.39, 0.29) is 0 Å². The Bertz CT molecular complexity index is 2430. The summed E-state index contributed by atoms with van der Waals surface area (Å²) in [5, 5.41) is 7.60. The van der Waals surface area contributed by atoms with Gasteiger partial charge < -0.3 is 8.97 Å². The zero-order valence-electron chi connectivity index (χ0n) is 21.6. The van der Waals surface area contributed by atoms with E-state index in [4.69, 9.17) is 0 Å². The molecule has 0 aliphatic rings. The highest BCUT2D eigenvalue weighted by Crippen LogP contribution is 2.42. The van der Waals surface area contributed by atoms with Gasteiger partial charge in [-0.05, 0) is 53.9 Å². The van der Waals surface area contributed by atoms with Crippen molar-refractivity contribution >= 4 is 59.9 Å². The number of nitrogens with zero attached hydrogens (tertiary/aromatic N) is 3. The number of para-hydroxylation sites is 2. The molecule has 9 rings (SSSR count). The van der Waals surface area contributed by atoms with E-state index >= 15 is 0 Å². The number of fused-ring (bicyclic) bond motifs is 12. The summed E-state index contributed by atoms with van der Waals surface area (Å²) in [7, 11) is 0. The van der Waals surface area contributed by atoms with Gasteiger partial charge in [0.25, 0.3) is 0 Å². The van der Waals surface area contributed by atoms with E-state index in [0.29, 0.717) is 0 Å². The lowest BCUT2D eigenvalue weighted by atomic mass is 10.0. The van der Waals surface area contributed by atoms with E-state index in [2.05, 4.69) is 135 Å². The van der Waals surface area contributed by atoms with Crippen LogP contribution < -0.4 is 0 Å². The zero-order chi connectivity index (χ0) is 26.2. The molecule has 0 aliphatic carbocycles. The average Bonchev–Trinajstić information content (AvgIpc) is 3.58. The first-order valence-corrected chi connectivity index (χ1v) is 13.7. The fourth-order valence-electron chi connectivity index (χ4n) is 6.64. The van der Waals surface area contributed by atoms with Crippen molar-refractivity contribution in [2.45, 2.75) is 0 Å². The van der Waals surface area contributed by atoms with Crippen LogP contribution in [0.25, 0.3) is 76.8 Å². The molecule has 0 N–H and O–H groups in total. The van der Waals surface area contributed by atoms with Gasteiger partial charge in [-0.25, -0.2) is 0 Å². The van der Waals surface area contributed by atoms with Crippen molar-refractivity contribution in [1.29, 1.82) is 0 Å². The maximum absolute atomic E-state index is 4.61. The molecule has 0 unspecified atom stereocenters. The number of benzene rings is 5. The van der Waals surface area contributed by atoms with Crippen LogP contribution in [-0.2, 0) is 0 Å². The van der Waals surface area contributed by atoms with E-state index < -0.39 is 0 Å². The smallest absolute Gasteiger partial charge is 0.0702 e. The predicted molar refractivity (Wildman–Crippen MR) is 167 cm³/mol. The Morgan fingerprint density at radius 3 is 2.12 bits per heavy atom. The van der Waals surface area contributed by atoms with Gasteiger partial charge in [0.05, 0.1) is 33.3 Å². The molecule has 0 amide bonds. The van der Waals surface area contributed by atoms with Crippen molar-refractivity contribution in [2.24, 2.45) is 0 Å². The summed E-state index contributed by atoms with van der Waals surface area (Å²) in [5.74, 6) is 0. The van der Waals surface area contributed by atoms with Crippen molar-refractivity contribution in [3.8, 4) is 16.9 Å². The molecule has 0 saturated carbocycles. The monoisotopic (exact) mass is 509 g/mol. The van der Waals surface area contributed by atoms with Crippen LogP contribution in [0.15, 0.2) is 140 Å². The van der Waals surface area contributed by atoms with Crippen LogP contribution in [0.5, 0.6) is 0 Å². The molecule has 40 heavy (non-hydrogen) atoms. The van der Waals surface area contributed by atoms with Gasteiger partial charge in [0.1, 0.15) is 0 Å². The summed E-state index contributed by atoms with van der Waals surface area (Å²) >= 11 is 0. The highest BCUT2D eigenvalue weighted by Gasteiger charge is 2.20. The first-order valence-electron chi connectivity index (χ1n) is 13.7. The van der Waals surface area contributed by atoms with Gasteiger partial charge in [-0.3, -0.25) is 4.98 Å². The van der Waals surface area contributed by atoms with Crippen molar-refractivity contribution < 1.29 is 0 Å². The second-order valence-electron chi connectivity index (χ2n) is 10.4. The molecule has 0 saturated heterocycles. The van der Waals surface area contributed by atoms with Crippen LogP contribution in [0.3, 0.4) is 0 Å². The molecule has 0 fully saturated rings. The van der Waals surface area contributed by atoms with E-state index in [1.807, 2.05) is 18.3 Å².